The number of hydrogen-bond acceptors (Lipinski definition) is 5. The van der Waals surface area contributed by atoms with Gasteiger partial charge < -0.3 is 11.1 Å². The number of hydrogen-bond donors (Lipinski definition) is 3. The van der Waals surface area contributed by atoms with Crippen LogP contribution in [0.2, 0.25) is 0 Å². The van der Waals surface area contributed by atoms with Gasteiger partial charge in [-0.3, -0.25) is 19.1 Å². The highest BCUT2D eigenvalue weighted by molar-refractivity contribution is 6.05. The van der Waals surface area contributed by atoms with E-state index in [4.69, 9.17) is 5.73 Å². The van der Waals surface area contributed by atoms with Crippen molar-refractivity contribution in [3.63, 3.8) is 0 Å². The molecule has 2 heterocycles. The lowest BCUT2D eigenvalue weighted by atomic mass is 10.1. The van der Waals surface area contributed by atoms with Gasteiger partial charge in [-0.2, -0.15) is 0 Å². The molecular weight excluding hydrogens is 370 g/mol. The van der Waals surface area contributed by atoms with Gasteiger partial charge >= 0.3 is 5.69 Å². The molecule has 0 radical (unpaired) electrons. The molecule has 0 aromatic carbocycles. The third kappa shape index (κ3) is 4.56. The zero-order valence-electron chi connectivity index (χ0n) is 15.4. The Morgan fingerprint density at radius 3 is 2.74 bits per heavy atom. The lowest BCUT2D eigenvalue weighted by molar-refractivity contribution is 0.0954. The molecule has 0 bridgehead atoms. The molecule has 148 valence electrons. The number of carbonyl (C=O) groups excluding carboxylic acids is 1. The van der Waals surface area contributed by atoms with E-state index in [0.717, 1.165) is 37.8 Å². The molecule has 2 aromatic rings. The van der Waals surface area contributed by atoms with Crippen molar-refractivity contribution in [2.24, 2.45) is 5.73 Å². The summed E-state index contributed by atoms with van der Waals surface area (Å²) in [6, 6.07) is 1.70. The second-order valence-corrected chi connectivity index (χ2v) is 6.73. The van der Waals surface area contributed by atoms with E-state index >= 15 is 0 Å². The van der Waals surface area contributed by atoms with Gasteiger partial charge in [0.15, 0.2) is 5.65 Å². The minimum absolute atomic E-state index is 0. The number of aryl methyl sites for hydroxylation is 1. The molecule has 1 saturated carbocycles. The predicted molar refractivity (Wildman–Crippen MR) is 107 cm³/mol. The molecule has 0 spiro atoms. The maximum atomic E-state index is 12.7. The number of nitrogens with one attached hydrogen (secondary N) is 2. The van der Waals surface area contributed by atoms with Crippen molar-refractivity contribution in [3.8, 4) is 0 Å². The number of carbonyl (C=O) groups is 1. The number of H-pyrrole nitrogens is 1. The second-order valence-electron chi connectivity index (χ2n) is 6.73. The smallest absolute Gasteiger partial charge is 0.329 e. The predicted octanol–water partition coefficient (Wildman–Crippen LogP) is 1.26. The van der Waals surface area contributed by atoms with Crippen LogP contribution < -0.4 is 22.3 Å². The van der Waals surface area contributed by atoms with Crippen LogP contribution >= 0.6 is 12.4 Å². The number of unbranched alkanes of at least 4 members (excludes halogenated alkanes) is 1. The third-order valence-corrected chi connectivity index (χ3v) is 4.57. The average molecular weight is 396 g/mol. The SMILES string of the molecule is CCCn1c(=O)[nH]c(=O)c2c(C(=O)NCCCCN)cc(C3CC3)nc21.Cl. The molecule has 8 nitrogen and oxygen atoms in total. The lowest BCUT2D eigenvalue weighted by Gasteiger charge is -2.13. The fourth-order valence-corrected chi connectivity index (χ4v) is 3.06. The van der Waals surface area contributed by atoms with Crippen LogP contribution in [0.1, 0.15) is 61.0 Å². The largest absolute Gasteiger partial charge is 0.352 e. The van der Waals surface area contributed by atoms with E-state index in [1.165, 1.54) is 4.57 Å². The standard InChI is InChI=1S/C18H25N5O3.ClH/c1-2-9-23-15-14(17(25)22-18(23)26)12(10-13(21-15)11-5-6-11)16(24)20-8-4-3-7-19;/h10-11H,2-9,19H2,1H3,(H,20,24)(H,22,25,26);1H. The molecule has 1 fully saturated rings. The van der Waals surface area contributed by atoms with E-state index in [1.54, 1.807) is 6.07 Å². The summed E-state index contributed by atoms with van der Waals surface area (Å²) in [6.07, 6.45) is 4.34. The van der Waals surface area contributed by atoms with Crippen LogP contribution in [0.3, 0.4) is 0 Å². The van der Waals surface area contributed by atoms with Crippen molar-refractivity contribution in [3.05, 3.63) is 38.2 Å². The Morgan fingerprint density at radius 2 is 2.11 bits per heavy atom. The van der Waals surface area contributed by atoms with Crippen LogP contribution in [-0.4, -0.2) is 33.5 Å². The summed E-state index contributed by atoms with van der Waals surface area (Å²) in [5.74, 6) is -0.0174. The summed E-state index contributed by atoms with van der Waals surface area (Å²) in [5, 5.41) is 3.02. The molecule has 1 aliphatic carbocycles. The van der Waals surface area contributed by atoms with Crippen LogP contribution in [0.15, 0.2) is 15.7 Å². The quantitative estimate of drug-likeness (QED) is 0.580. The molecule has 0 saturated heterocycles. The van der Waals surface area contributed by atoms with Gasteiger partial charge in [0.25, 0.3) is 11.5 Å². The van der Waals surface area contributed by atoms with Gasteiger partial charge in [0.05, 0.1) is 10.9 Å². The number of rotatable bonds is 8. The molecule has 9 heteroatoms. The highest BCUT2D eigenvalue weighted by Crippen LogP contribution is 2.39. The summed E-state index contributed by atoms with van der Waals surface area (Å²) in [4.78, 5) is 44.3. The fraction of sp³-hybridized carbons (Fsp3) is 0.556. The van der Waals surface area contributed by atoms with E-state index in [0.29, 0.717) is 31.2 Å². The maximum Gasteiger partial charge on any atom is 0.329 e. The van der Waals surface area contributed by atoms with E-state index in [9.17, 15) is 14.4 Å². The van der Waals surface area contributed by atoms with Crippen molar-refractivity contribution in [1.82, 2.24) is 19.9 Å². The Morgan fingerprint density at radius 1 is 1.37 bits per heavy atom. The third-order valence-electron chi connectivity index (χ3n) is 4.57. The zero-order valence-corrected chi connectivity index (χ0v) is 16.2. The number of aromatic nitrogens is 3. The van der Waals surface area contributed by atoms with Gasteiger partial charge in [-0.25, -0.2) is 9.78 Å². The van der Waals surface area contributed by atoms with Crippen molar-refractivity contribution >= 4 is 29.3 Å². The summed E-state index contributed by atoms with van der Waals surface area (Å²) in [7, 11) is 0. The first kappa shape index (κ1) is 21.1. The minimum atomic E-state index is -0.570. The molecule has 3 rings (SSSR count). The maximum absolute atomic E-state index is 12.7. The molecule has 1 amide bonds. The number of amides is 1. The number of halogens is 1. The Kier molecular flexibility index (Phi) is 7.15. The van der Waals surface area contributed by atoms with Gasteiger partial charge in [-0.05, 0) is 44.7 Å². The Hall–Kier alpha value is -2.19. The lowest BCUT2D eigenvalue weighted by Crippen LogP contribution is -2.33. The fourth-order valence-electron chi connectivity index (χ4n) is 3.06. The summed E-state index contributed by atoms with van der Waals surface area (Å²) < 4.78 is 1.45. The Bertz CT molecular complexity index is 933. The average Bonchev–Trinajstić information content (AvgIpc) is 3.46. The second kappa shape index (κ2) is 9.14. The molecule has 1 aliphatic rings. The number of nitrogens with two attached hydrogens (primary N) is 1. The van der Waals surface area contributed by atoms with Crippen LogP contribution in [0.5, 0.6) is 0 Å². The van der Waals surface area contributed by atoms with Crippen LogP contribution in [0.25, 0.3) is 11.0 Å². The number of nitrogens with zero attached hydrogens (tertiary/aromatic N) is 2. The van der Waals surface area contributed by atoms with Gasteiger partial charge in [0.1, 0.15) is 0 Å². The number of fused-ring (bicyclic) bond motifs is 1. The summed E-state index contributed by atoms with van der Waals surface area (Å²) in [5.41, 5.74) is 5.78. The Labute approximate surface area is 163 Å². The van der Waals surface area contributed by atoms with Gasteiger partial charge in [0, 0.05) is 24.7 Å². The van der Waals surface area contributed by atoms with E-state index in [1.807, 2.05) is 6.92 Å². The molecule has 2 aromatic heterocycles. The Balaban J connectivity index is 0.00000261. The summed E-state index contributed by atoms with van der Waals surface area (Å²) in [6.45, 7) is 3.44. The van der Waals surface area contributed by atoms with Crippen LogP contribution in [0, 0.1) is 0 Å². The number of pyridine rings is 1. The normalized spacial score (nSPS) is 13.4. The molecule has 4 N–H and O–H groups in total. The first-order valence-corrected chi connectivity index (χ1v) is 9.22. The zero-order chi connectivity index (χ0) is 18.7. The van der Waals surface area contributed by atoms with Crippen molar-refractivity contribution in [2.45, 2.75) is 51.5 Å². The minimum Gasteiger partial charge on any atom is -0.352 e. The van der Waals surface area contributed by atoms with Gasteiger partial charge in [-0.1, -0.05) is 6.92 Å². The monoisotopic (exact) mass is 395 g/mol. The summed E-state index contributed by atoms with van der Waals surface area (Å²) >= 11 is 0. The van der Waals surface area contributed by atoms with E-state index < -0.39 is 11.2 Å². The van der Waals surface area contributed by atoms with E-state index in [-0.39, 0.29) is 29.3 Å². The molecule has 27 heavy (non-hydrogen) atoms. The molecule has 0 atom stereocenters. The molecular formula is C18H26ClN5O3. The molecule has 0 aliphatic heterocycles. The number of aromatic amines is 1. The van der Waals surface area contributed by atoms with Crippen molar-refractivity contribution < 1.29 is 4.79 Å². The van der Waals surface area contributed by atoms with Gasteiger partial charge in [-0.15, -0.1) is 12.4 Å². The topological polar surface area (TPSA) is 123 Å². The first-order valence-electron chi connectivity index (χ1n) is 9.22. The highest BCUT2D eigenvalue weighted by Gasteiger charge is 2.28. The van der Waals surface area contributed by atoms with Crippen LogP contribution in [0.4, 0.5) is 0 Å². The van der Waals surface area contributed by atoms with E-state index in [2.05, 4.69) is 15.3 Å². The van der Waals surface area contributed by atoms with Crippen LogP contribution in [-0.2, 0) is 6.54 Å². The van der Waals surface area contributed by atoms with Crippen molar-refractivity contribution in [1.29, 1.82) is 0 Å². The van der Waals surface area contributed by atoms with Gasteiger partial charge in [0.2, 0.25) is 0 Å². The van der Waals surface area contributed by atoms with Crippen molar-refractivity contribution in [2.75, 3.05) is 13.1 Å². The highest BCUT2D eigenvalue weighted by atomic mass is 35.5. The first-order chi connectivity index (χ1) is 12.6. The molecule has 0 unspecified atom stereocenters.